The molecular formula is C8H11IO4. The van der Waals surface area contributed by atoms with E-state index in [-0.39, 0.29) is 18.0 Å². The van der Waals surface area contributed by atoms with Crippen LogP contribution in [0.3, 0.4) is 0 Å². The maximum absolute atomic E-state index is 10.9. The van der Waals surface area contributed by atoms with Crippen molar-refractivity contribution in [3.05, 3.63) is 0 Å². The van der Waals surface area contributed by atoms with Crippen molar-refractivity contribution >= 4 is 34.5 Å². The number of carbonyl (C=O) groups excluding carboxylic acids is 2. The number of halogens is 1. The molecule has 0 aliphatic carbocycles. The van der Waals surface area contributed by atoms with Crippen LogP contribution in [0, 0.1) is 0 Å². The molecule has 1 rings (SSSR count). The van der Waals surface area contributed by atoms with E-state index in [2.05, 4.69) is 22.6 Å². The van der Waals surface area contributed by atoms with Crippen molar-refractivity contribution in [2.24, 2.45) is 0 Å². The molecule has 1 saturated heterocycles. The maximum atomic E-state index is 10.9. The SMILES string of the molecule is CC(=O)C[C@H]1C[C@@H](CI)OC(=O)O1. The number of rotatable bonds is 3. The predicted octanol–water partition coefficient (Wildman–Crippen LogP) is 1.69. The molecule has 0 bridgehead atoms. The summed E-state index contributed by atoms with van der Waals surface area (Å²) in [6.07, 6.45) is -0.139. The Kier molecular flexibility index (Phi) is 3.95. The van der Waals surface area contributed by atoms with Gasteiger partial charge >= 0.3 is 6.16 Å². The standard InChI is InChI=1S/C8H11IO4/c1-5(10)2-6-3-7(4-9)13-8(11)12-6/h6-7H,2-4H2,1H3/t6-,7-/m0/s1. The van der Waals surface area contributed by atoms with Crippen LogP contribution in [0.5, 0.6) is 0 Å². The largest absolute Gasteiger partial charge is 0.508 e. The summed E-state index contributed by atoms with van der Waals surface area (Å²) in [5.41, 5.74) is 0. The quantitative estimate of drug-likeness (QED) is 0.452. The second kappa shape index (κ2) is 4.78. The third-order valence-corrected chi connectivity index (χ3v) is 2.72. The number of alkyl halides is 1. The minimum Gasteiger partial charge on any atom is -0.430 e. The maximum Gasteiger partial charge on any atom is 0.508 e. The summed E-state index contributed by atoms with van der Waals surface area (Å²) in [7, 11) is 0. The van der Waals surface area contributed by atoms with Crippen LogP contribution in [0.2, 0.25) is 0 Å². The van der Waals surface area contributed by atoms with Gasteiger partial charge in [-0.15, -0.1) is 0 Å². The van der Waals surface area contributed by atoms with Gasteiger partial charge in [-0.25, -0.2) is 4.79 Å². The fraction of sp³-hybridized carbons (Fsp3) is 0.750. The minimum atomic E-state index is -0.654. The molecule has 1 heterocycles. The summed E-state index contributed by atoms with van der Waals surface area (Å²) < 4.78 is 10.4. The number of ketones is 1. The van der Waals surface area contributed by atoms with Crippen molar-refractivity contribution < 1.29 is 19.1 Å². The van der Waals surface area contributed by atoms with E-state index in [1.165, 1.54) is 6.92 Å². The van der Waals surface area contributed by atoms with E-state index in [1.807, 2.05) is 0 Å². The van der Waals surface area contributed by atoms with E-state index in [9.17, 15) is 9.59 Å². The summed E-state index contributed by atoms with van der Waals surface area (Å²) >= 11 is 2.14. The summed E-state index contributed by atoms with van der Waals surface area (Å²) in [6, 6.07) is 0. The van der Waals surface area contributed by atoms with Crippen LogP contribution in [0.1, 0.15) is 19.8 Å². The monoisotopic (exact) mass is 298 g/mol. The molecule has 13 heavy (non-hydrogen) atoms. The van der Waals surface area contributed by atoms with Crippen molar-refractivity contribution in [2.45, 2.75) is 32.0 Å². The van der Waals surface area contributed by atoms with E-state index < -0.39 is 6.16 Å². The van der Waals surface area contributed by atoms with Gasteiger partial charge in [0, 0.05) is 17.3 Å². The fourth-order valence-corrected chi connectivity index (χ4v) is 1.77. The van der Waals surface area contributed by atoms with E-state index in [1.54, 1.807) is 0 Å². The van der Waals surface area contributed by atoms with E-state index in [0.717, 1.165) is 4.43 Å². The topological polar surface area (TPSA) is 52.6 Å². The van der Waals surface area contributed by atoms with Gasteiger partial charge in [0.25, 0.3) is 0 Å². The van der Waals surface area contributed by atoms with E-state index >= 15 is 0 Å². The highest BCUT2D eigenvalue weighted by Crippen LogP contribution is 2.19. The molecule has 0 N–H and O–H groups in total. The molecule has 1 fully saturated rings. The average Bonchev–Trinajstić information content (AvgIpc) is 2.01. The van der Waals surface area contributed by atoms with Crippen molar-refractivity contribution in [1.82, 2.24) is 0 Å². The molecule has 0 radical (unpaired) electrons. The van der Waals surface area contributed by atoms with Crippen molar-refractivity contribution in [3.63, 3.8) is 0 Å². The van der Waals surface area contributed by atoms with Crippen LogP contribution < -0.4 is 0 Å². The van der Waals surface area contributed by atoms with Crippen molar-refractivity contribution in [2.75, 3.05) is 4.43 Å². The number of Topliss-reactive ketones (excluding diaryl/α,β-unsaturated/α-hetero) is 1. The third-order valence-electron chi connectivity index (χ3n) is 1.74. The highest BCUT2D eigenvalue weighted by molar-refractivity contribution is 14.1. The van der Waals surface area contributed by atoms with Crippen LogP contribution in [0.4, 0.5) is 4.79 Å². The van der Waals surface area contributed by atoms with Crippen LogP contribution in [-0.2, 0) is 14.3 Å². The Hall–Kier alpha value is -0.330. The Morgan fingerprint density at radius 1 is 1.54 bits per heavy atom. The molecule has 4 nitrogen and oxygen atoms in total. The van der Waals surface area contributed by atoms with Crippen molar-refractivity contribution in [3.8, 4) is 0 Å². The Bertz CT molecular complexity index is 214. The Labute approximate surface area is 90.1 Å². The zero-order valence-electron chi connectivity index (χ0n) is 7.29. The first-order chi connectivity index (χ1) is 6.11. The summed E-state index contributed by atoms with van der Waals surface area (Å²) in [5, 5.41) is 0. The summed E-state index contributed by atoms with van der Waals surface area (Å²) in [6.45, 7) is 1.49. The second-order valence-electron chi connectivity index (χ2n) is 3.03. The molecular weight excluding hydrogens is 287 g/mol. The van der Waals surface area contributed by atoms with Gasteiger partial charge in [0.05, 0.1) is 0 Å². The van der Waals surface area contributed by atoms with Gasteiger partial charge in [-0.05, 0) is 6.92 Å². The molecule has 5 heteroatoms. The molecule has 0 saturated carbocycles. The van der Waals surface area contributed by atoms with Gasteiger partial charge in [-0.1, -0.05) is 22.6 Å². The zero-order valence-corrected chi connectivity index (χ0v) is 9.44. The second-order valence-corrected chi connectivity index (χ2v) is 3.91. The molecule has 2 atom stereocenters. The molecule has 0 unspecified atom stereocenters. The first kappa shape index (κ1) is 10.7. The molecule has 1 aliphatic heterocycles. The Morgan fingerprint density at radius 2 is 2.15 bits per heavy atom. The van der Waals surface area contributed by atoms with Crippen LogP contribution >= 0.6 is 22.6 Å². The summed E-state index contributed by atoms with van der Waals surface area (Å²) in [4.78, 5) is 21.6. The van der Waals surface area contributed by atoms with Gasteiger partial charge in [0.15, 0.2) is 0 Å². The number of ether oxygens (including phenoxy) is 2. The highest BCUT2D eigenvalue weighted by Gasteiger charge is 2.29. The molecule has 0 aromatic carbocycles. The number of hydrogen-bond donors (Lipinski definition) is 0. The summed E-state index contributed by atoms with van der Waals surface area (Å²) in [5.74, 6) is 0.0342. The van der Waals surface area contributed by atoms with E-state index in [4.69, 9.17) is 9.47 Å². The Morgan fingerprint density at radius 3 is 2.69 bits per heavy atom. The van der Waals surface area contributed by atoms with Gasteiger partial charge < -0.3 is 9.47 Å². The van der Waals surface area contributed by atoms with Crippen molar-refractivity contribution in [1.29, 1.82) is 0 Å². The predicted molar refractivity (Wildman–Crippen MR) is 53.9 cm³/mol. The smallest absolute Gasteiger partial charge is 0.430 e. The first-order valence-corrected chi connectivity index (χ1v) is 5.57. The highest BCUT2D eigenvalue weighted by atomic mass is 127. The third kappa shape index (κ3) is 3.50. The number of hydrogen-bond acceptors (Lipinski definition) is 4. The molecule has 0 spiro atoms. The number of carbonyl (C=O) groups is 2. The fourth-order valence-electron chi connectivity index (χ4n) is 1.23. The lowest BCUT2D eigenvalue weighted by molar-refractivity contribution is -0.121. The van der Waals surface area contributed by atoms with Gasteiger partial charge in [-0.3, -0.25) is 4.79 Å². The first-order valence-electron chi connectivity index (χ1n) is 4.04. The average molecular weight is 298 g/mol. The number of cyclic esters (lactones) is 2. The lowest BCUT2D eigenvalue weighted by Gasteiger charge is -2.27. The van der Waals surface area contributed by atoms with Gasteiger partial charge in [0.1, 0.15) is 18.0 Å². The Balaban J connectivity index is 2.47. The van der Waals surface area contributed by atoms with Crippen LogP contribution in [-0.4, -0.2) is 28.6 Å². The molecule has 0 aromatic rings. The van der Waals surface area contributed by atoms with Gasteiger partial charge in [0.2, 0.25) is 0 Å². The molecule has 0 amide bonds. The molecule has 0 aromatic heterocycles. The molecule has 74 valence electrons. The normalized spacial score (nSPS) is 27.7. The lowest BCUT2D eigenvalue weighted by atomic mass is 10.1. The van der Waals surface area contributed by atoms with E-state index in [0.29, 0.717) is 12.8 Å². The van der Waals surface area contributed by atoms with Crippen LogP contribution in [0.15, 0.2) is 0 Å². The molecule has 1 aliphatic rings. The van der Waals surface area contributed by atoms with Crippen LogP contribution in [0.25, 0.3) is 0 Å². The van der Waals surface area contributed by atoms with Gasteiger partial charge in [-0.2, -0.15) is 0 Å². The zero-order chi connectivity index (χ0) is 9.84. The lowest BCUT2D eigenvalue weighted by Crippen LogP contribution is -2.36. The minimum absolute atomic E-state index is 0.0342.